The number of aryl methyl sites for hydroxylation is 1. The Bertz CT molecular complexity index is 571. The Kier molecular flexibility index (Phi) is 4.96. The first-order chi connectivity index (χ1) is 9.53. The first kappa shape index (κ1) is 15.2. The van der Waals surface area contributed by atoms with Crippen molar-refractivity contribution in [2.75, 3.05) is 11.9 Å². The molecule has 0 fully saturated rings. The Morgan fingerprint density at radius 2 is 2.10 bits per heavy atom. The van der Waals surface area contributed by atoms with Gasteiger partial charge in [0.25, 0.3) is 0 Å². The van der Waals surface area contributed by atoms with Crippen LogP contribution >= 0.6 is 22.9 Å². The second kappa shape index (κ2) is 6.52. The summed E-state index contributed by atoms with van der Waals surface area (Å²) >= 11 is 7.64. The number of rotatable bonds is 6. The van der Waals surface area contributed by atoms with Crippen LogP contribution in [0.25, 0.3) is 0 Å². The maximum absolute atomic E-state index is 10.5. The van der Waals surface area contributed by atoms with Crippen LogP contribution in [0.5, 0.6) is 0 Å². The van der Waals surface area contributed by atoms with Crippen molar-refractivity contribution < 1.29 is 5.11 Å². The lowest BCUT2D eigenvalue weighted by Crippen LogP contribution is -2.31. The van der Waals surface area contributed by atoms with E-state index in [1.165, 1.54) is 11.3 Å². The summed E-state index contributed by atoms with van der Waals surface area (Å²) in [5, 5.41) is 24.1. The van der Waals surface area contributed by atoms with Gasteiger partial charge in [-0.05, 0) is 19.4 Å². The Hall–Kier alpha value is -1.17. The van der Waals surface area contributed by atoms with E-state index in [-0.39, 0.29) is 0 Å². The van der Waals surface area contributed by atoms with Crippen LogP contribution in [0.1, 0.15) is 30.8 Å². The van der Waals surface area contributed by atoms with Gasteiger partial charge in [-0.25, -0.2) is 0 Å². The molecule has 1 heterocycles. The van der Waals surface area contributed by atoms with Crippen molar-refractivity contribution in [2.24, 2.45) is 0 Å². The zero-order chi connectivity index (χ0) is 14.6. The number of benzene rings is 1. The zero-order valence-corrected chi connectivity index (χ0v) is 13.1. The van der Waals surface area contributed by atoms with Crippen molar-refractivity contribution in [1.82, 2.24) is 10.2 Å². The first-order valence-corrected chi connectivity index (χ1v) is 7.76. The van der Waals surface area contributed by atoms with E-state index in [0.717, 1.165) is 23.0 Å². The molecule has 4 nitrogen and oxygen atoms in total. The van der Waals surface area contributed by atoms with Gasteiger partial charge >= 0.3 is 0 Å². The largest absolute Gasteiger partial charge is 0.384 e. The van der Waals surface area contributed by atoms with Gasteiger partial charge < -0.3 is 10.4 Å². The molecule has 1 aromatic heterocycles. The van der Waals surface area contributed by atoms with Crippen molar-refractivity contribution in [1.29, 1.82) is 0 Å². The molecule has 2 aromatic rings. The molecule has 0 aliphatic heterocycles. The molecule has 1 atom stereocenters. The van der Waals surface area contributed by atoms with E-state index < -0.39 is 5.60 Å². The third kappa shape index (κ3) is 3.69. The van der Waals surface area contributed by atoms with Crippen LogP contribution in [0, 0.1) is 0 Å². The molecular formula is C14H18ClN3OS. The Morgan fingerprint density at radius 1 is 1.35 bits per heavy atom. The normalized spacial score (nSPS) is 14.0. The minimum Gasteiger partial charge on any atom is -0.384 e. The molecule has 6 heteroatoms. The number of nitrogens with one attached hydrogen (secondary N) is 1. The van der Waals surface area contributed by atoms with E-state index >= 15 is 0 Å². The molecule has 2 N–H and O–H groups in total. The van der Waals surface area contributed by atoms with Crippen molar-refractivity contribution in [3.8, 4) is 0 Å². The van der Waals surface area contributed by atoms with Gasteiger partial charge in [-0.15, -0.1) is 10.2 Å². The fraction of sp³-hybridized carbons (Fsp3) is 0.429. The number of aromatic nitrogens is 2. The molecule has 20 heavy (non-hydrogen) atoms. The average Bonchev–Trinajstić information content (AvgIpc) is 2.85. The molecule has 0 saturated carbocycles. The molecule has 2 rings (SSSR count). The molecular weight excluding hydrogens is 294 g/mol. The predicted molar refractivity (Wildman–Crippen MR) is 83.4 cm³/mol. The van der Waals surface area contributed by atoms with Crippen molar-refractivity contribution in [3.05, 3.63) is 39.9 Å². The average molecular weight is 312 g/mol. The maximum Gasteiger partial charge on any atom is 0.205 e. The molecule has 0 radical (unpaired) electrons. The van der Waals surface area contributed by atoms with E-state index in [9.17, 15) is 5.11 Å². The van der Waals surface area contributed by atoms with Crippen LogP contribution in [0.3, 0.4) is 0 Å². The van der Waals surface area contributed by atoms with Crippen molar-refractivity contribution in [2.45, 2.75) is 32.3 Å². The number of halogens is 1. The van der Waals surface area contributed by atoms with E-state index in [1.54, 1.807) is 13.0 Å². The third-order valence-electron chi connectivity index (χ3n) is 2.97. The quantitative estimate of drug-likeness (QED) is 0.857. The molecule has 0 amide bonds. The van der Waals surface area contributed by atoms with Gasteiger partial charge in [0, 0.05) is 23.6 Å². The number of anilines is 1. The predicted octanol–water partition coefficient (Wildman–Crippen LogP) is 3.46. The van der Waals surface area contributed by atoms with Crippen LogP contribution in [0.4, 0.5) is 5.13 Å². The van der Waals surface area contributed by atoms with Gasteiger partial charge in [-0.1, -0.05) is 48.1 Å². The summed E-state index contributed by atoms with van der Waals surface area (Å²) in [5.41, 5.74) is -0.359. The number of nitrogens with zero attached hydrogens (tertiary/aromatic N) is 2. The number of aliphatic hydroxyl groups is 1. The monoisotopic (exact) mass is 311 g/mol. The molecule has 1 unspecified atom stereocenters. The summed E-state index contributed by atoms with van der Waals surface area (Å²) in [6.45, 7) is 4.17. The minimum atomic E-state index is -1.06. The van der Waals surface area contributed by atoms with Gasteiger partial charge in [0.1, 0.15) is 10.6 Å². The van der Waals surface area contributed by atoms with Gasteiger partial charge in [0.05, 0.1) is 0 Å². The highest BCUT2D eigenvalue weighted by Crippen LogP contribution is 2.28. The van der Waals surface area contributed by atoms with Crippen LogP contribution in [0.2, 0.25) is 5.02 Å². The highest BCUT2D eigenvalue weighted by Gasteiger charge is 2.25. The number of hydrogen-bond acceptors (Lipinski definition) is 5. The smallest absolute Gasteiger partial charge is 0.205 e. The molecule has 0 bridgehead atoms. The maximum atomic E-state index is 10.5. The highest BCUT2D eigenvalue weighted by atomic mass is 35.5. The van der Waals surface area contributed by atoms with Crippen LogP contribution in [-0.2, 0) is 12.0 Å². The highest BCUT2D eigenvalue weighted by molar-refractivity contribution is 7.15. The van der Waals surface area contributed by atoms with Crippen LogP contribution in [0.15, 0.2) is 24.3 Å². The lowest BCUT2D eigenvalue weighted by atomic mass is 9.96. The Labute approximate surface area is 127 Å². The van der Waals surface area contributed by atoms with Gasteiger partial charge in [0.15, 0.2) is 0 Å². The molecule has 0 aliphatic rings. The minimum absolute atomic E-state index is 0.331. The number of hydrogen-bond donors (Lipinski definition) is 2. The molecule has 1 aromatic carbocycles. The van der Waals surface area contributed by atoms with Crippen molar-refractivity contribution >= 4 is 28.1 Å². The summed E-state index contributed by atoms with van der Waals surface area (Å²) in [4.78, 5) is 0. The summed E-state index contributed by atoms with van der Waals surface area (Å²) in [6, 6.07) is 7.30. The molecule has 0 aliphatic carbocycles. The van der Waals surface area contributed by atoms with Crippen LogP contribution < -0.4 is 5.32 Å². The Morgan fingerprint density at radius 3 is 2.80 bits per heavy atom. The molecule has 108 valence electrons. The van der Waals surface area contributed by atoms with E-state index in [2.05, 4.69) is 22.4 Å². The summed E-state index contributed by atoms with van der Waals surface area (Å²) < 4.78 is 0. The fourth-order valence-electron chi connectivity index (χ4n) is 1.88. The van der Waals surface area contributed by atoms with Gasteiger partial charge in [-0.3, -0.25) is 0 Å². The summed E-state index contributed by atoms with van der Waals surface area (Å²) in [7, 11) is 0. The lowest BCUT2D eigenvalue weighted by molar-refractivity contribution is 0.0716. The van der Waals surface area contributed by atoms with Crippen LogP contribution in [-0.4, -0.2) is 21.8 Å². The van der Waals surface area contributed by atoms with Gasteiger partial charge in [-0.2, -0.15) is 0 Å². The summed E-state index contributed by atoms with van der Waals surface area (Å²) in [5.74, 6) is 0. The third-order valence-corrected chi connectivity index (χ3v) is 4.24. The fourth-order valence-corrected chi connectivity index (χ4v) is 3.06. The molecule has 0 spiro atoms. The second-order valence-corrected chi connectivity index (χ2v) is 6.33. The second-order valence-electron chi connectivity index (χ2n) is 4.86. The standard InChI is InChI=1S/C14H18ClN3OS/c1-3-6-12-17-18-13(20-12)16-9-14(2,19)10-7-4-5-8-11(10)15/h4-5,7-8,19H,3,6,9H2,1-2H3,(H,16,18). The summed E-state index contributed by atoms with van der Waals surface area (Å²) in [6.07, 6.45) is 1.98. The van der Waals surface area contributed by atoms with Crippen molar-refractivity contribution in [3.63, 3.8) is 0 Å². The topological polar surface area (TPSA) is 58.0 Å². The van der Waals surface area contributed by atoms with E-state index in [4.69, 9.17) is 11.6 Å². The van der Waals surface area contributed by atoms with E-state index in [1.807, 2.05) is 18.2 Å². The SMILES string of the molecule is CCCc1nnc(NCC(C)(O)c2ccccc2Cl)s1. The van der Waals surface area contributed by atoms with E-state index in [0.29, 0.717) is 17.1 Å². The molecule has 0 saturated heterocycles. The lowest BCUT2D eigenvalue weighted by Gasteiger charge is -2.24. The van der Waals surface area contributed by atoms with Gasteiger partial charge in [0.2, 0.25) is 5.13 Å². The zero-order valence-electron chi connectivity index (χ0n) is 11.6. The Balaban J connectivity index is 2.03. The first-order valence-electron chi connectivity index (χ1n) is 6.56.